The minimum atomic E-state index is -0.347. The fourth-order valence-electron chi connectivity index (χ4n) is 2.48. The number of benzene rings is 1. The van der Waals surface area contributed by atoms with Gasteiger partial charge in [0.1, 0.15) is 0 Å². The Bertz CT molecular complexity index is 607. The topological polar surface area (TPSA) is 55.4 Å². The Morgan fingerprint density at radius 2 is 2.05 bits per heavy atom. The molecule has 2 atom stereocenters. The average molecular weight is 366 g/mol. The Labute approximate surface area is 139 Å². The summed E-state index contributed by atoms with van der Waals surface area (Å²) in [5, 5.41) is 2.74. The SMILES string of the molecule is CC[C@@H](C)OC(=O)C1=C(C)NC(=O)C[C@@H]1c1ccc(Br)cc1. The van der Waals surface area contributed by atoms with E-state index in [2.05, 4.69) is 21.2 Å². The molecule has 1 N–H and O–H groups in total. The standard InChI is InChI=1S/C17H20BrNO3/c1-4-10(2)22-17(21)16-11(3)19-15(20)9-14(16)12-5-7-13(18)8-6-12/h5-8,10,14H,4,9H2,1-3H3,(H,19,20)/t10-,14-/m1/s1. The van der Waals surface area contributed by atoms with Crippen molar-refractivity contribution in [2.75, 3.05) is 0 Å². The number of halogens is 1. The molecule has 0 radical (unpaired) electrons. The highest BCUT2D eigenvalue weighted by Crippen LogP contribution is 2.34. The van der Waals surface area contributed by atoms with E-state index < -0.39 is 0 Å². The maximum absolute atomic E-state index is 12.5. The molecular weight excluding hydrogens is 346 g/mol. The van der Waals surface area contributed by atoms with Gasteiger partial charge in [0.05, 0.1) is 11.7 Å². The molecule has 22 heavy (non-hydrogen) atoms. The molecule has 0 aromatic heterocycles. The van der Waals surface area contributed by atoms with Gasteiger partial charge in [0, 0.05) is 22.5 Å². The first-order chi connectivity index (χ1) is 10.4. The summed E-state index contributed by atoms with van der Waals surface area (Å²) in [5.41, 5.74) is 2.06. The first kappa shape index (κ1) is 16.7. The lowest BCUT2D eigenvalue weighted by atomic mass is 9.84. The fourth-order valence-corrected chi connectivity index (χ4v) is 2.75. The molecule has 0 saturated heterocycles. The van der Waals surface area contributed by atoms with Gasteiger partial charge in [-0.05, 0) is 38.0 Å². The number of hydrogen-bond acceptors (Lipinski definition) is 3. The summed E-state index contributed by atoms with van der Waals surface area (Å²) >= 11 is 3.40. The summed E-state index contributed by atoms with van der Waals surface area (Å²) in [6, 6.07) is 7.68. The van der Waals surface area contributed by atoms with E-state index in [4.69, 9.17) is 4.74 Å². The molecule has 2 rings (SSSR count). The van der Waals surface area contributed by atoms with Gasteiger partial charge < -0.3 is 10.1 Å². The van der Waals surface area contributed by atoms with Crippen LogP contribution in [-0.2, 0) is 14.3 Å². The Balaban J connectivity index is 2.36. The lowest BCUT2D eigenvalue weighted by Crippen LogP contribution is -2.34. The number of carbonyl (C=O) groups is 2. The first-order valence-corrected chi connectivity index (χ1v) is 8.18. The molecule has 0 spiro atoms. The van der Waals surface area contributed by atoms with Crippen molar-refractivity contribution in [2.24, 2.45) is 0 Å². The highest BCUT2D eigenvalue weighted by Gasteiger charge is 2.33. The van der Waals surface area contributed by atoms with Crippen LogP contribution in [0, 0.1) is 0 Å². The zero-order chi connectivity index (χ0) is 16.3. The quantitative estimate of drug-likeness (QED) is 0.828. The Morgan fingerprint density at radius 3 is 2.64 bits per heavy atom. The van der Waals surface area contributed by atoms with Crippen LogP contribution in [0.25, 0.3) is 0 Å². The molecule has 5 heteroatoms. The normalized spacial score (nSPS) is 19.6. The molecule has 0 unspecified atom stereocenters. The van der Waals surface area contributed by atoms with Crippen LogP contribution in [-0.4, -0.2) is 18.0 Å². The molecule has 1 aromatic rings. The van der Waals surface area contributed by atoms with Crippen LogP contribution in [0.3, 0.4) is 0 Å². The van der Waals surface area contributed by atoms with Crippen molar-refractivity contribution >= 4 is 27.8 Å². The third kappa shape index (κ3) is 3.77. The van der Waals surface area contributed by atoms with Crippen molar-refractivity contribution in [1.82, 2.24) is 5.32 Å². The van der Waals surface area contributed by atoms with Crippen LogP contribution in [0.4, 0.5) is 0 Å². The van der Waals surface area contributed by atoms with E-state index in [1.165, 1.54) is 0 Å². The fraction of sp³-hybridized carbons (Fsp3) is 0.412. The highest BCUT2D eigenvalue weighted by molar-refractivity contribution is 9.10. The zero-order valence-corrected chi connectivity index (χ0v) is 14.6. The number of amides is 1. The minimum absolute atomic E-state index is 0.0782. The smallest absolute Gasteiger partial charge is 0.336 e. The van der Waals surface area contributed by atoms with Gasteiger partial charge in [0.15, 0.2) is 0 Å². The summed E-state index contributed by atoms with van der Waals surface area (Å²) in [7, 11) is 0. The lowest BCUT2D eigenvalue weighted by molar-refractivity contribution is -0.144. The van der Waals surface area contributed by atoms with Crippen LogP contribution in [0.1, 0.15) is 45.1 Å². The van der Waals surface area contributed by atoms with Gasteiger partial charge in [-0.1, -0.05) is 35.0 Å². The van der Waals surface area contributed by atoms with E-state index in [0.717, 1.165) is 16.5 Å². The van der Waals surface area contributed by atoms with Crippen molar-refractivity contribution in [3.63, 3.8) is 0 Å². The van der Waals surface area contributed by atoms with E-state index in [1.54, 1.807) is 6.92 Å². The van der Waals surface area contributed by atoms with Gasteiger partial charge in [-0.3, -0.25) is 4.79 Å². The zero-order valence-electron chi connectivity index (χ0n) is 13.0. The average Bonchev–Trinajstić information content (AvgIpc) is 2.46. The molecule has 1 aliphatic rings. The number of rotatable bonds is 4. The van der Waals surface area contributed by atoms with E-state index in [-0.39, 0.29) is 30.3 Å². The molecule has 0 bridgehead atoms. The lowest BCUT2D eigenvalue weighted by Gasteiger charge is -2.27. The predicted molar refractivity (Wildman–Crippen MR) is 88.2 cm³/mol. The Kier molecular flexibility index (Phi) is 5.40. The van der Waals surface area contributed by atoms with Gasteiger partial charge in [-0.25, -0.2) is 4.79 Å². The maximum Gasteiger partial charge on any atom is 0.336 e. The maximum atomic E-state index is 12.5. The second kappa shape index (κ2) is 7.09. The molecule has 118 valence electrons. The Hall–Kier alpha value is -1.62. The minimum Gasteiger partial charge on any atom is -0.459 e. The van der Waals surface area contributed by atoms with Crippen LogP contribution in [0.2, 0.25) is 0 Å². The van der Waals surface area contributed by atoms with Crippen molar-refractivity contribution in [1.29, 1.82) is 0 Å². The highest BCUT2D eigenvalue weighted by atomic mass is 79.9. The summed E-state index contributed by atoms with van der Waals surface area (Å²) < 4.78 is 6.42. The van der Waals surface area contributed by atoms with E-state index >= 15 is 0 Å². The number of ether oxygens (including phenoxy) is 1. The van der Waals surface area contributed by atoms with Gasteiger partial charge >= 0.3 is 5.97 Å². The second-order valence-electron chi connectivity index (χ2n) is 5.52. The van der Waals surface area contributed by atoms with Gasteiger partial charge in [-0.2, -0.15) is 0 Å². The van der Waals surface area contributed by atoms with Crippen LogP contribution in [0.5, 0.6) is 0 Å². The summed E-state index contributed by atoms with van der Waals surface area (Å²) in [6.07, 6.45) is 0.869. The van der Waals surface area contributed by atoms with Crippen molar-refractivity contribution in [3.05, 3.63) is 45.6 Å². The first-order valence-electron chi connectivity index (χ1n) is 7.39. The molecule has 0 fully saturated rings. The van der Waals surface area contributed by atoms with Crippen LogP contribution < -0.4 is 5.32 Å². The van der Waals surface area contributed by atoms with Gasteiger partial charge in [-0.15, -0.1) is 0 Å². The van der Waals surface area contributed by atoms with Crippen molar-refractivity contribution < 1.29 is 14.3 Å². The van der Waals surface area contributed by atoms with Crippen LogP contribution >= 0.6 is 15.9 Å². The number of carbonyl (C=O) groups excluding carboxylic acids is 2. The summed E-state index contributed by atoms with van der Waals surface area (Å²) in [4.78, 5) is 24.4. The third-order valence-electron chi connectivity index (χ3n) is 3.84. The second-order valence-corrected chi connectivity index (χ2v) is 6.43. The summed E-state index contributed by atoms with van der Waals surface area (Å²) in [6.45, 7) is 5.58. The molecular formula is C17H20BrNO3. The molecule has 0 aliphatic carbocycles. The molecule has 1 aromatic carbocycles. The Morgan fingerprint density at radius 1 is 1.41 bits per heavy atom. The summed E-state index contributed by atoms with van der Waals surface area (Å²) in [5.74, 6) is -0.691. The van der Waals surface area contributed by atoms with Crippen molar-refractivity contribution in [3.8, 4) is 0 Å². The van der Waals surface area contributed by atoms with Crippen molar-refractivity contribution in [2.45, 2.75) is 45.6 Å². The van der Waals surface area contributed by atoms with E-state index in [0.29, 0.717) is 11.3 Å². The van der Waals surface area contributed by atoms with Gasteiger partial charge in [0.2, 0.25) is 5.91 Å². The number of allylic oxidation sites excluding steroid dienone is 1. The molecule has 1 amide bonds. The van der Waals surface area contributed by atoms with Gasteiger partial charge in [0.25, 0.3) is 0 Å². The predicted octanol–water partition coefficient (Wildman–Crippen LogP) is 3.67. The monoisotopic (exact) mass is 365 g/mol. The van der Waals surface area contributed by atoms with E-state index in [1.807, 2.05) is 38.1 Å². The van der Waals surface area contributed by atoms with E-state index in [9.17, 15) is 9.59 Å². The molecule has 1 heterocycles. The molecule has 4 nitrogen and oxygen atoms in total. The number of nitrogens with one attached hydrogen (secondary N) is 1. The largest absolute Gasteiger partial charge is 0.459 e. The van der Waals surface area contributed by atoms with Crippen LogP contribution in [0.15, 0.2) is 40.0 Å². The molecule has 0 saturated carbocycles. The number of esters is 1. The third-order valence-corrected chi connectivity index (χ3v) is 4.37. The number of hydrogen-bond donors (Lipinski definition) is 1. The molecule has 1 aliphatic heterocycles.